The smallest absolute Gasteiger partial charge is 0.287 e. The lowest BCUT2D eigenvalue weighted by Gasteiger charge is -2.12. The van der Waals surface area contributed by atoms with Crippen molar-refractivity contribution in [2.45, 2.75) is 25.4 Å². The first-order valence-electron chi connectivity index (χ1n) is 8.61. The zero-order valence-corrected chi connectivity index (χ0v) is 16.4. The first-order valence-corrected chi connectivity index (χ1v) is 10.1. The summed E-state index contributed by atoms with van der Waals surface area (Å²) < 4.78 is 41.6. The van der Waals surface area contributed by atoms with E-state index in [2.05, 4.69) is 10.0 Å². The molecule has 27 heavy (non-hydrogen) atoms. The van der Waals surface area contributed by atoms with Gasteiger partial charge < -0.3 is 19.2 Å². The molecule has 0 fully saturated rings. The van der Waals surface area contributed by atoms with E-state index in [-0.39, 0.29) is 10.9 Å². The van der Waals surface area contributed by atoms with E-state index in [9.17, 15) is 13.2 Å². The Kier molecular flexibility index (Phi) is 7.26. The Labute approximate surface area is 158 Å². The van der Waals surface area contributed by atoms with Crippen LogP contribution in [-0.4, -0.2) is 41.1 Å². The van der Waals surface area contributed by atoms with Gasteiger partial charge in [0.25, 0.3) is 15.9 Å². The zero-order chi connectivity index (χ0) is 19.9. The summed E-state index contributed by atoms with van der Waals surface area (Å²) in [5.74, 6) is 0.797. The van der Waals surface area contributed by atoms with Crippen LogP contribution in [0, 0.1) is 0 Å². The fourth-order valence-electron chi connectivity index (χ4n) is 2.35. The summed E-state index contributed by atoms with van der Waals surface area (Å²) in [5, 5.41) is 2.40. The Morgan fingerprint density at radius 1 is 1.07 bits per heavy atom. The number of ether oxygens (including phenoxy) is 2. The van der Waals surface area contributed by atoms with E-state index in [1.807, 2.05) is 32.0 Å². The molecule has 2 N–H and O–H groups in total. The van der Waals surface area contributed by atoms with Crippen LogP contribution in [0.5, 0.6) is 11.5 Å². The number of carbonyl (C=O) groups is 1. The van der Waals surface area contributed by atoms with E-state index < -0.39 is 15.9 Å². The summed E-state index contributed by atoms with van der Waals surface area (Å²) in [4.78, 5) is 12.1. The number of amides is 1. The van der Waals surface area contributed by atoms with Crippen LogP contribution >= 0.6 is 0 Å². The van der Waals surface area contributed by atoms with Crippen LogP contribution in [0.2, 0.25) is 0 Å². The summed E-state index contributed by atoms with van der Waals surface area (Å²) in [6, 6.07) is 8.19. The van der Waals surface area contributed by atoms with Gasteiger partial charge in [0.05, 0.1) is 13.2 Å². The van der Waals surface area contributed by atoms with Gasteiger partial charge >= 0.3 is 0 Å². The van der Waals surface area contributed by atoms with Crippen molar-refractivity contribution in [2.24, 2.45) is 0 Å². The Morgan fingerprint density at radius 3 is 2.44 bits per heavy atom. The van der Waals surface area contributed by atoms with E-state index in [0.29, 0.717) is 37.7 Å². The molecule has 0 atom stereocenters. The summed E-state index contributed by atoms with van der Waals surface area (Å²) in [7, 11) is -2.45. The molecular weight excluding hydrogens is 372 g/mol. The molecule has 8 nitrogen and oxygen atoms in total. The molecule has 148 valence electrons. The van der Waals surface area contributed by atoms with Gasteiger partial charge in [0.2, 0.25) is 5.09 Å². The van der Waals surface area contributed by atoms with Gasteiger partial charge in [0.15, 0.2) is 17.3 Å². The van der Waals surface area contributed by atoms with E-state index >= 15 is 0 Å². The van der Waals surface area contributed by atoms with Crippen LogP contribution in [-0.2, 0) is 16.4 Å². The lowest BCUT2D eigenvalue weighted by atomic mass is 10.1. The second-order valence-electron chi connectivity index (χ2n) is 5.48. The quantitative estimate of drug-likeness (QED) is 0.636. The molecule has 0 aliphatic rings. The predicted molar refractivity (Wildman–Crippen MR) is 99.8 cm³/mol. The molecule has 2 aromatic rings. The Bertz CT molecular complexity index is 876. The Morgan fingerprint density at radius 2 is 1.78 bits per heavy atom. The molecule has 0 aliphatic carbocycles. The first-order chi connectivity index (χ1) is 12.9. The van der Waals surface area contributed by atoms with E-state index in [1.165, 1.54) is 19.2 Å². The maximum absolute atomic E-state index is 12.1. The lowest BCUT2D eigenvalue weighted by molar-refractivity contribution is 0.0921. The SMILES string of the molecule is CCOc1ccc(CCNC(=O)c2ccc(S(=O)(=O)NC)o2)cc1OCC. The largest absolute Gasteiger partial charge is 0.490 e. The normalized spacial score (nSPS) is 11.2. The minimum atomic E-state index is -3.72. The van der Waals surface area contributed by atoms with E-state index in [4.69, 9.17) is 13.9 Å². The molecule has 0 bridgehead atoms. The molecule has 0 saturated heterocycles. The molecule has 0 radical (unpaired) electrons. The van der Waals surface area contributed by atoms with Crippen LogP contribution in [0.4, 0.5) is 0 Å². The maximum atomic E-state index is 12.1. The molecule has 1 heterocycles. The first kappa shape index (κ1) is 20.8. The van der Waals surface area contributed by atoms with Gasteiger partial charge in [0, 0.05) is 6.54 Å². The molecule has 1 aromatic heterocycles. The van der Waals surface area contributed by atoms with Gasteiger partial charge in [-0.05, 0) is 57.1 Å². The van der Waals surface area contributed by atoms with Crippen LogP contribution in [0.3, 0.4) is 0 Å². The van der Waals surface area contributed by atoms with E-state index in [0.717, 1.165) is 5.56 Å². The van der Waals surface area contributed by atoms with Crippen LogP contribution in [0.1, 0.15) is 30.0 Å². The third kappa shape index (κ3) is 5.48. The standard InChI is InChI=1S/C18H24N2O6S/c1-4-24-14-7-6-13(12-16(14)25-5-2)10-11-20-18(21)15-8-9-17(26-15)27(22,23)19-3/h6-9,12,19H,4-5,10-11H2,1-3H3,(H,20,21). The van der Waals surface area contributed by atoms with Crippen molar-refractivity contribution in [1.82, 2.24) is 10.0 Å². The van der Waals surface area contributed by atoms with Gasteiger partial charge in [-0.3, -0.25) is 4.79 Å². The third-order valence-electron chi connectivity index (χ3n) is 3.65. The van der Waals surface area contributed by atoms with Gasteiger partial charge in [-0.2, -0.15) is 0 Å². The van der Waals surface area contributed by atoms with Crippen molar-refractivity contribution in [3.63, 3.8) is 0 Å². The maximum Gasteiger partial charge on any atom is 0.287 e. The van der Waals surface area contributed by atoms with Crippen molar-refractivity contribution in [3.8, 4) is 11.5 Å². The summed E-state index contributed by atoms with van der Waals surface area (Å²) in [6.07, 6.45) is 0.570. The number of sulfonamides is 1. The fraction of sp³-hybridized carbons (Fsp3) is 0.389. The van der Waals surface area contributed by atoms with E-state index in [1.54, 1.807) is 0 Å². The number of hydrogen-bond acceptors (Lipinski definition) is 6. The molecule has 0 unspecified atom stereocenters. The molecule has 1 aromatic carbocycles. The average Bonchev–Trinajstić information content (AvgIpc) is 3.15. The minimum absolute atomic E-state index is 0.0643. The van der Waals surface area contributed by atoms with Crippen molar-refractivity contribution < 1.29 is 27.1 Å². The second-order valence-corrected chi connectivity index (χ2v) is 7.30. The minimum Gasteiger partial charge on any atom is -0.490 e. The predicted octanol–water partition coefficient (Wildman–Crippen LogP) is 1.96. The average molecular weight is 396 g/mol. The highest BCUT2D eigenvalue weighted by Crippen LogP contribution is 2.28. The Hall–Kier alpha value is -2.52. The number of hydrogen-bond donors (Lipinski definition) is 2. The Balaban J connectivity index is 1.96. The summed E-state index contributed by atoms with van der Waals surface area (Å²) in [5.41, 5.74) is 0.972. The monoisotopic (exact) mass is 396 g/mol. The fourth-order valence-corrected chi connectivity index (χ4v) is 2.99. The topological polar surface area (TPSA) is 107 Å². The van der Waals surface area contributed by atoms with Crippen molar-refractivity contribution in [2.75, 3.05) is 26.8 Å². The molecular formula is C18H24N2O6S. The van der Waals surface area contributed by atoms with Crippen molar-refractivity contribution in [3.05, 3.63) is 41.7 Å². The van der Waals surface area contributed by atoms with Gasteiger partial charge in [-0.15, -0.1) is 0 Å². The summed E-state index contributed by atoms with van der Waals surface area (Å²) in [6.45, 7) is 5.23. The zero-order valence-electron chi connectivity index (χ0n) is 15.6. The molecule has 9 heteroatoms. The van der Waals surface area contributed by atoms with Crippen LogP contribution in [0.25, 0.3) is 0 Å². The molecule has 0 saturated carbocycles. The van der Waals surface area contributed by atoms with Gasteiger partial charge in [-0.1, -0.05) is 6.07 Å². The molecule has 1 amide bonds. The number of rotatable bonds is 10. The molecule has 2 rings (SSSR count). The van der Waals surface area contributed by atoms with Crippen LogP contribution < -0.4 is 19.5 Å². The molecule has 0 spiro atoms. The number of furan rings is 1. The highest BCUT2D eigenvalue weighted by molar-refractivity contribution is 7.89. The molecule has 0 aliphatic heterocycles. The van der Waals surface area contributed by atoms with Crippen molar-refractivity contribution in [1.29, 1.82) is 0 Å². The van der Waals surface area contributed by atoms with Crippen LogP contribution in [0.15, 0.2) is 39.8 Å². The number of carbonyl (C=O) groups excluding carboxylic acids is 1. The lowest BCUT2D eigenvalue weighted by Crippen LogP contribution is -2.25. The van der Waals surface area contributed by atoms with Crippen molar-refractivity contribution >= 4 is 15.9 Å². The summed E-state index contributed by atoms with van der Waals surface area (Å²) >= 11 is 0. The van der Waals surface area contributed by atoms with Gasteiger partial charge in [0.1, 0.15) is 0 Å². The number of nitrogens with one attached hydrogen (secondary N) is 2. The third-order valence-corrected chi connectivity index (χ3v) is 4.93. The number of benzene rings is 1. The van der Waals surface area contributed by atoms with Gasteiger partial charge in [-0.25, -0.2) is 13.1 Å². The highest BCUT2D eigenvalue weighted by atomic mass is 32.2. The highest BCUT2D eigenvalue weighted by Gasteiger charge is 2.19. The second kappa shape index (κ2) is 9.43.